The summed E-state index contributed by atoms with van der Waals surface area (Å²) in [5.74, 6) is 0.0948. The van der Waals surface area contributed by atoms with Crippen LogP contribution in [0.3, 0.4) is 0 Å². The van der Waals surface area contributed by atoms with Crippen LogP contribution in [0.5, 0.6) is 0 Å². The SMILES string of the molecule is C[C@H]1[C@@H](CN2[C@@H](C(=O)NC(C)(C)C)CC[C@H]3CCCC[C@H]32)O[C@@H](c2cccc(-c3cccc(CN4C(=O)c5ccccc5C4=O)c3)c2)O[C@H]1c1ccc(CO)cc1. The minimum absolute atomic E-state index is 0.0291. The highest BCUT2D eigenvalue weighted by atomic mass is 16.7. The first-order valence-corrected chi connectivity index (χ1v) is 20.7. The van der Waals surface area contributed by atoms with E-state index in [0.29, 0.717) is 29.6 Å². The number of likely N-dealkylation sites (tertiary alicyclic amines) is 1. The van der Waals surface area contributed by atoms with E-state index in [2.05, 4.69) is 23.2 Å². The molecular weight excluding hydrogens is 715 g/mol. The summed E-state index contributed by atoms with van der Waals surface area (Å²) in [5, 5.41) is 13.1. The molecule has 0 unspecified atom stereocenters. The highest BCUT2D eigenvalue weighted by Gasteiger charge is 2.46. The summed E-state index contributed by atoms with van der Waals surface area (Å²) in [4.78, 5) is 44.0. The molecule has 9 heteroatoms. The second-order valence-corrected chi connectivity index (χ2v) is 17.5. The third kappa shape index (κ3) is 8.21. The van der Waals surface area contributed by atoms with Gasteiger partial charge in [0.25, 0.3) is 11.8 Å². The van der Waals surface area contributed by atoms with Gasteiger partial charge in [-0.25, -0.2) is 0 Å². The summed E-state index contributed by atoms with van der Waals surface area (Å²) in [5.41, 5.74) is 6.06. The topological polar surface area (TPSA) is 108 Å². The van der Waals surface area contributed by atoms with Crippen LogP contribution in [0.2, 0.25) is 0 Å². The molecule has 0 bridgehead atoms. The molecule has 8 rings (SSSR count). The lowest BCUT2D eigenvalue weighted by atomic mass is 9.75. The van der Waals surface area contributed by atoms with Gasteiger partial charge in [0.05, 0.1) is 42.5 Å². The molecule has 1 saturated carbocycles. The fourth-order valence-corrected chi connectivity index (χ4v) is 9.54. The number of amides is 3. The van der Waals surface area contributed by atoms with Crippen molar-refractivity contribution in [1.82, 2.24) is 15.1 Å². The number of nitrogens with one attached hydrogen (secondary N) is 1. The smallest absolute Gasteiger partial charge is 0.261 e. The fraction of sp³-hybridized carbons (Fsp3) is 0.438. The average Bonchev–Trinajstić information content (AvgIpc) is 3.45. The Morgan fingerprint density at radius 1 is 0.772 bits per heavy atom. The first-order valence-electron chi connectivity index (χ1n) is 20.7. The van der Waals surface area contributed by atoms with Crippen LogP contribution >= 0.6 is 0 Å². The van der Waals surface area contributed by atoms with Gasteiger partial charge in [0.1, 0.15) is 0 Å². The molecule has 4 aliphatic rings. The average molecular weight is 770 g/mol. The largest absolute Gasteiger partial charge is 0.392 e. The lowest BCUT2D eigenvalue weighted by Crippen LogP contribution is -2.61. The summed E-state index contributed by atoms with van der Waals surface area (Å²) >= 11 is 0. The fourth-order valence-electron chi connectivity index (χ4n) is 9.54. The van der Waals surface area contributed by atoms with Crippen LogP contribution in [-0.2, 0) is 27.4 Å². The molecule has 57 heavy (non-hydrogen) atoms. The lowest BCUT2D eigenvalue weighted by Gasteiger charge is -2.51. The number of hydrogen-bond donors (Lipinski definition) is 2. The summed E-state index contributed by atoms with van der Waals surface area (Å²) in [6.07, 6.45) is 5.42. The monoisotopic (exact) mass is 769 g/mol. The summed E-state index contributed by atoms with van der Waals surface area (Å²) in [6, 6.07) is 31.2. The molecule has 3 heterocycles. The summed E-state index contributed by atoms with van der Waals surface area (Å²) in [7, 11) is 0. The van der Waals surface area contributed by atoms with Crippen molar-refractivity contribution in [3.8, 4) is 11.1 Å². The predicted molar refractivity (Wildman–Crippen MR) is 219 cm³/mol. The summed E-state index contributed by atoms with van der Waals surface area (Å²) < 4.78 is 13.9. The number of aliphatic hydroxyl groups excluding tert-OH is 1. The minimum atomic E-state index is -0.677. The molecular formula is C48H55N3O6. The molecule has 0 aromatic heterocycles. The van der Waals surface area contributed by atoms with Gasteiger partial charge in [-0.05, 0) is 104 Å². The Morgan fingerprint density at radius 2 is 1.46 bits per heavy atom. The molecule has 2 N–H and O–H groups in total. The second-order valence-electron chi connectivity index (χ2n) is 17.5. The van der Waals surface area contributed by atoms with Crippen LogP contribution in [0.15, 0.2) is 97.1 Å². The minimum Gasteiger partial charge on any atom is -0.392 e. The first-order chi connectivity index (χ1) is 27.5. The van der Waals surface area contributed by atoms with Crippen molar-refractivity contribution in [2.24, 2.45) is 11.8 Å². The zero-order valence-corrected chi connectivity index (χ0v) is 33.5. The number of carbonyl (C=O) groups excluding carboxylic acids is 3. The molecule has 0 radical (unpaired) electrons. The Bertz CT molecular complexity index is 2070. The van der Waals surface area contributed by atoms with Crippen LogP contribution in [-0.4, -0.2) is 62.9 Å². The molecule has 9 nitrogen and oxygen atoms in total. The highest BCUT2D eigenvalue weighted by Crippen LogP contribution is 2.45. The van der Waals surface area contributed by atoms with Gasteiger partial charge in [-0.2, -0.15) is 0 Å². The van der Waals surface area contributed by atoms with E-state index in [0.717, 1.165) is 52.6 Å². The molecule has 0 spiro atoms. The number of hydrogen-bond acceptors (Lipinski definition) is 7. The molecule has 298 valence electrons. The maximum atomic E-state index is 14.0. The van der Waals surface area contributed by atoms with Crippen molar-refractivity contribution in [2.45, 2.75) is 115 Å². The number of piperidine rings is 1. The Balaban J connectivity index is 1.08. The molecule has 1 aliphatic carbocycles. The Kier molecular flexibility index (Phi) is 11.2. The van der Waals surface area contributed by atoms with Crippen LogP contribution in [0, 0.1) is 11.8 Å². The molecule has 7 atom stereocenters. The zero-order chi connectivity index (χ0) is 39.8. The quantitative estimate of drug-likeness (QED) is 0.165. The van der Waals surface area contributed by atoms with Crippen molar-refractivity contribution in [1.29, 1.82) is 0 Å². The van der Waals surface area contributed by atoms with Crippen LogP contribution in [0.4, 0.5) is 0 Å². The Hall–Kier alpha value is -4.67. The Labute approximate surface area is 336 Å². The van der Waals surface area contributed by atoms with Gasteiger partial charge >= 0.3 is 0 Å². The number of nitrogens with zero attached hydrogens (tertiary/aromatic N) is 2. The number of fused-ring (bicyclic) bond motifs is 2. The predicted octanol–water partition coefficient (Wildman–Crippen LogP) is 8.37. The number of ether oxygens (including phenoxy) is 2. The van der Waals surface area contributed by atoms with E-state index in [1.807, 2.05) is 87.5 Å². The van der Waals surface area contributed by atoms with Gasteiger partial charge in [0, 0.05) is 29.6 Å². The standard InChI is InChI=1S/C48H55N3O6/c1-30-42(28-50-40-18-8-5-12-33(40)23-24-41(50)44(53)49-48(2,3)4)56-47(57-43(30)34-21-19-31(29-52)20-22-34)37-15-10-14-36(26-37)35-13-9-11-32(25-35)27-51-45(54)38-16-6-7-17-39(38)46(51)55/h6-7,9-11,13-17,19-22,25-26,30,33,40-43,47,52H,5,8,12,18,23-24,27-29H2,1-4H3,(H,49,53)/t30-,33+,40+,41+,42+,43+,47+/m0/s1. The number of carbonyl (C=O) groups is 3. The van der Waals surface area contributed by atoms with E-state index in [1.54, 1.807) is 24.3 Å². The highest BCUT2D eigenvalue weighted by molar-refractivity contribution is 6.21. The van der Waals surface area contributed by atoms with Gasteiger partial charge in [0.2, 0.25) is 5.91 Å². The van der Waals surface area contributed by atoms with Crippen molar-refractivity contribution in [3.63, 3.8) is 0 Å². The van der Waals surface area contributed by atoms with Crippen molar-refractivity contribution in [2.75, 3.05) is 6.54 Å². The third-order valence-corrected chi connectivity index (χ3v) is 12.5. The van der Waals surface area contributed by atoms with Crippen LogP contribution in [0.1, 0.15) is 122 Å². The summed E-state index contributed by atoms with van der Waals surface area (Å²) in [6.45, 7) is 9.09. The molecule has 3 fully saturated rings. The van der Waals surface area contributed by atoms with E-state index in [-0.39, 0.29) is 60.6 Å². The number of imide groups is 1. The Morgan fingerprint density at radius 3 is 2.16 bits per heavy atom. The van der Waals surface area contributed by atoms with Gasteiger partial charge < -0.3 is 19.9 Å². The number of aliphatic hydroxyl groups is 1. The molecule has 4 aromatic carbocycles. The maximum absolute atomic E-state index is 14.0. The van der Waals surface area contributed by atoms with Crippen molar-refractivity contribution in [3.05, 3.63) is 130 Å². The van der Waals surface area contributed by atoms with Gasteiger partial charge in [-0.1, -0.05) is 92.6 Å². The number of rotatable bonds is 9. The van der Waals surface area contributed by atoms with E-state index < -0.39 is 6.29 Å². The van der Waals surface area contributed by atoms with Crippen molar-refractivity contribution < 1.29 is 29.0 Å². The van der Waals surface area contributed by atoms with Crippen LogP contribution < -0.4 is 5.32 Å². The van der Waals surface area contributed by atoms with E-state index >= 15 is 0 Å². The molecule has 4 aromatic rings. The van der Waals surface area contributed by atoms with Gasteiger partial charge in [-0.15, -0.1) is 0 Å². The molecule has 3 aliphatic heterocycles. The molecule has 3 amide bonds. The number of benzene rings is 4. The normalized spacial score (nSPS) is 26.5. The van der Waals surface area contributed by atoms with Gasteiger partial charge in [-0.3, -0.25) is 24.2 Å². The zero-order valence-electron chi connectivity index (χ0n) is 33.5. The van der Waals surface area contributed by atoms with Gasteiger partial charge in [0.15, 0.2) is 6.29 Å². The molecule has 2 saturated heterocycles. The van der Waals surface area contributed by atoms with E-state index in [4.69, 9.17) is 9.47 Å². The van der Waals surface area contributed by atoms with E-state index in [1.165, 1.54) is 24.2 Å². The van der Waals surface area contributed by atoms with Crippen molar-refractivity contribution >= 4 is 17.7 Å². The lowest BCUT2D eigenvalue weighted by molar-refractivity contribution is -0.278. The third-order valence-electron chi connectivity index (χ3n) is 12.5. The van der Waals surface area contributed by atoms with E-state index in [9.17, 15) is 19.5 Å². The van der Waals surface area contributed by atoms with Crippen LogP contribution in [0.25, 0.3) is 11.1 Å². The second kappa shape index (κ2) is 16.3. The first kappa shape index (κ1) is 39.2. The maximum Gasteiger partial charge on any atom is 0.261 e.